The quantitative estimate of drug-likeness (QED) is 0.498. The Morgan fingerprint density at radius 1 is 1.45 bits per heavy atom. The summed E-state index contributed by atoms with van der Waals surface area (Å²) in [6, 6.07) is 4.96. The van der Waals surface area contributed by atoms with Crippen molar-refractivity contribution in [2.24, 2.45) is 7.05 Å². The van der Waals surface area contributed by atoms with E-state index < -0.39 is 0 Å². The van der Waals surface area contributed by atoms with Crippen LogP contribution in [0.25, 0.3) is 0 Å². The molecule has 0 atom stereocenters. The van der Waals surface area contributed by atoms with Crippen LogP contribution >= 0.6 is 15.9 Å². The predicted molar refractivity (Wildman–Crippen MR) is 79.4 cm³/mol. The monoisotopic (exact) mass is 338 g/mol. The Morgan fingerprint density at radius 2 is 2.25 bits per heavy atom. The SMILES string of the molecule is Cn1ccnc1CCNCc1cc(Br)cc([N+](=O)[O-])c1. The summed E-state index contributed by atoms with van der Waals surface area (Å²) in [5.74, 6) is 1.01. The average Bonchev–Trinajstić information content (AvgIpc) is 2.80. The van der Waals surface area contributed by atoms with Crippen molar-refractivity contribution in [2.75, 3.05) is 6.54 Å². The molecule has 0 aliphatic carbocycles. The summed E-state index contributed by atoms with van der Waals surface area (Å²) in [4.78, 5) is 14.6. The Labute approximate surface area is 125 Å². The van der Waals surface area contributed by atoms with Gasteiger partial charge >= 0.3 is 0 Å². The number of nitro benzene ring substituents is 1. The van der Waals surface area contributed by atoms with E-state index in [1.807, 2.05) is 23.9 Å². The van der Waals surface area contributed by atoms with Crippen molar-refractivity contribution in [1.82, 2.24) is 14.9 Å². The van der Waals surface area contributed by atoms with Crippen molar-refractivity contribution in [2.45, 2.75) is 13.0 Å². The number of benzene rings is 1. The van der Waals surface area contributed by atoms with Crippen LogP contribution in [-0.4, -0.2) is 21.0 Å². The number of non-ortho nitro benzene ring substituents is 1. The molecule has 0 radical (unpaired) electrons. The fourth-order valence-corrected chi connectivity index (χ4v) is 2.44. The Morgan fingerprint density at radius 3 is 2.90 bits per heavy atom. The second kappa shape index (κ2) is 6.62. The first-order chi connectivity index (χ1) is 9.56. The van der Waals surface area contributed by atoms with Crippen LogP contribution in [0.15, 0.2) is 35.1 Å². The Bertz CT molecular complexity index is 612. The number of nitrogens with one attached hydrogen (secondary N) is 1. The summed E-state index contributed by atoms with van der Waals surface area (Å²) in [7, 11) is 1.96. The first-order valence-corrected chi connectivity index (χ1v) is 6.96. The fraction of sp³-hybridized carbons (Fsp3) is 0.308. The lowest BCUT2D eigenvalue weighted by Crippen LogP contribution is -2.18. The summed E-state index contributed by atoms with van der Waals surface area (Å²) in [6.07, 6.45) is 4.50. The van der Waals surface area contributed by atoms with E-state index in [-0.39, 0.29) is 10.6 Å². The van der Waals surface area contributed by atoms with Gasteiger partial charge in [-0.15, -0.1) is 0 Å². The molecular weight excluding hydrogens is 324 g/mol. The third-order valence-corrected chi connectivity index (χ3v) is 3.39. The number of nitro groups is 1. The second-order valence-corrected chi connectivity index (χ2v) is 5.37. The van der Waals surface area contributed by atoms with Gasteiger partial charge in [0.25, 0.3) is 5.69 Å². The lowest BCUT2D eigenvalue weighted by Gasteiger charge is -2.06. The van der Waals surface area contributed by atoms with Crippen LogP contribution < -0.4 is 5.32 Å². The molecule has 0 saturated heterocycles. The highest BCUT2D eigenvalue weighted by atomic mass is 79.9. The van der Waals surface area contributed by atoms with E-state index >= 15 is 0 Å². The molecule has 1 aromatic carbocycles. The third-order valence-electron chi connectivity index (χ3n) is 2.93. The maximum atomic E-state index is 10.8. The normalized spacial score (nSPS) is 10.7. The zero-order valence-corrected chi connectivity index (χ0v) is 12.6. The number of hydrogen-bond donors (Lipinski definition) is 1. The molecule has 0 amide bonds. The number of aryl methyl sites for hydroxylation is 1. The van der Waals surface area contributed by atoms with E-state index in [2.05, 4.69) is 26.2 Å². The van der Waals surface area contributed by atoms with Gasteiger partial charge in [-0.1, -0.05) is 15.9 Å². The molecule has 0 aliphatic rings. The van der Waals surface area contributed by atoms with Crippen LogP contribution in [0.4, 0.5) is 5.69 Å². The van der Waals surface area contributed by atoms with Crippen molar-refractivity contribution in [3.05, 3.63) is 56.6 Å². The molecule has 0 fully saturated rings. The summed E-state index contributed by atoms with van der Waals surface area (Å²) in [6.45, 7) is 1.36. The number of halogens is 1. The Kier molecular flexibility index (Phi) is 4.86. The van der Waals surface area contributed by atoms with E-state index in [1.54, 1.807) is 12.3 Å². The molecule has 106 valence electrons. The van der Waals surface area contributed by atoms with Gasteiger partial charge in [0.1, 0.15) is 5.82 Å². The maximum absolute atomic E-state index is 10.8. The van der Waals surface area contributed by atoms with Crippen molar-refractivity contribution in [3.63, 3.8) is 0 Å². The molecule has 2 rings (SSSR count). The van der Waals surface area contributed by atoms with Crippen LogP contribution in [0.1, 0.15) is 11.4 Å². The number of imidazole rings is 1. The number of aromatic nitrogens is 2. The van der Waals surface area contributed by atoms with E-state index in [0.29, 0.717) is 11.0 Å². The molecule has 20 heavy (non-hydrogen) atoms. The molecule has 0 bridgehead atoms. The molecule has 0 saturated carbocycles. The summed E-state index contributed by atoms with van der Waals surface area (Å²) in [5, 5.41) is 14.0. The van der Waals surface area contributed by atoms with Crippen molar-refractivity contribution < 1.29 is 4.92 Å². The Hall–Kier alpha value is -1.73. The highest BCUT2D eigenvalue weighted by molar-refractivity contribution is 9.10. The minimum Gasteiger partial charge on any atom is -0.338 e. The minimum absolute atomic E-state index is 0.0975. The van der Waals surface area contributed by atoms with Crippen molar-refractivity contribution >= 4 is 21.6 Å². The molecule has 1 N–H and O–H groups in total. The summed E-state index contributed by atoms with van der Waals surface area (Å²) in [5.41, 5.74) is 0.978. The third kappa shape index (κ3) is 3.88. The van der Waals surface area contributed by atoms with E-state index in [9.17, 15) is 10.1 Å². The molecule has 1 heterocycles. The standard InChI is InChI=1S/C13H15BrN4O2/c1-17-5-4-16-13(17)2-3-15-9-10-6-11(14)8-12(7-10)18(19)20/h4-8,15H,2-3,9H2,1H3. The highest BCUT2D eigenvalue weighted by Gasteiger charge is 2.08. The van der Waals surface area contributed by atoms with Crippen LogP contribution in [0, 0.1) is 10.1 Å². The van der Waals surface area contributed by atoms with Gasteiger partial charge in [0, 0.05) is 55.6 Å². The molecule has 0 unspecified atom stereocenters. The zero-order chi connectivity index (χ0) is 14.5. The smallest absolute Gasteiger partial charge is 0.270 e. The topological polar surface area (TPSA) is 73.0 Å². The van der Waals surface area contributed by atoms with Gasteiger partial charge in [0.05, 0.1) is 4.92 Å². The van der Waals surface area contributed by atoms with Crippen LogP contribution in [0.5, 0.6) is 0 Å². The fourth-order valence-electron chi connectivity index (χ4n) is 1.91. The summed E-state index contributed by atoms with van der Waals surface area (Å²) >= 11 is 3.29. The van der Waals surface area contributed by atoms with Crippen molar-refractivity contribution in [1.29, 1.82) is 0 Å². The van der Waals surface area contributed by atoms with Gasteiger partial charge in [-0.3, -0.25) is 10.1 Å². The van der Waals surface area contributed by atoms with Gasteiger partial charge in [0.2, 0.25) is 0 Å². The first kappa shape index (κ1) is 14.7. The molecular formula is C13H15BrN4O2. The number of rotatable bonds is 6. The zero-order valence-electron chi connectivity index (χ0n) is 11.0. The minimum atomic E-state index is -0.387. The van der Waals surface area contributed by atoms with E-state index in [1.165, 1.54) is 6.07 Å². The lowest BCUT2D eigenvalue weighted by atomic mass is 10.2. The van der Waals surface area contributed by atoms with Gasteiger partial charge in [-0.05, 0) is 11.6 Å². The van der Waals surface area contributed by atoms with E-state index in [4.69, 9.17) is 0 Å². The van der Waals surface area contributed by atoms with Gasteiger partial charge < -0.3 is 9.88 Å². The van der Waals surface area contributed by atoms with Crippen LogP contribution in [0.3, 0.4) is 0 Å². The van der Waals surface area contributed by atoms with Gasteiger partial charge in [0.15, 0.2) is 0 Å². The average molecular weight is 339 g/mol. The molecule has 1 aromatic heterocycles. The summed E-state index contributed by atoms with van der Waals surface area (Å²) < 4.78 is 2.69. The maximum Gasteiger partial charge on any atom is 0.270 e. The van der Waals surface area contributed by atoms with Gasteiger partial charge in [-0.2, -0.15) is 0 Å². The number of nitrogens with zero attached hydrogens (tertiary/aromatic N) is 3. The number of hydrogen-bond acceptors (Lipinski definition) is 4. The lowest BCUT2D eigenvalue weighted by molar-refractivity contribution is -0.385. The second-order valence-electron chi connectivity index (χ2n) is 4.46. The Balaban J connectivity index is 1.88. The molecule has 2 aromatic rings. The molecule has 0 aliphatic heterocycles. The first-order valence-electron chi connectivity index (χ1n) is 6.17. The molecule has 0 spiro atoms. The van der Waals surface area contributed by atoms with Crippen molar-refractivity contribution in [3.8, 4) is 0 Å². The van der Waals surface area contributed by atoms with Crippen LogP contribution in [-0.2, 0) is 20.0 Å². The van der Waals surface area contributed by atoms with Gasteiger partial charge in [-0.25, -0.2) is 4.98 Å². The molecule has 6 nitrogen and oxygen atoms in total. The largest absolute Gasteiger partial charge is 0.338 e. The highest BCUT2D eigenvalue weighted by Crippen LogP contribution is 2.21. The van der Waals surface area contributed by atoms with Crippen LogP contribution in [0.2, 0.25) is 0 Å². The molecule has 7 heteroatoms. The van der Waals surface area contributed by atoms with E-state index in [0.717, 1.165) is 24.4 Å². The predicted octanol–water partition coefficient (Wildman–Crippen LogP) is 2.42.